The van der Waals surface area contributed by atoms with Crippen molar-refractivity contribution in [1.29, 1.82) is 0 Å². The van der Waals surface area contributed by atoms with Gasteiger partial charge in [0.2, 0.25) is 0 Å². The average Bonchev–Trinajstić information content (AvgIpc) is 3.23. The molecule has 4 rings (SSSR count). The summed E-state index contributed by atoms with van der Waals surface area (Å²) in [5, 5.41) is 15.3. The number of rotatable bonds is 3. The van der Waals surface area contributed by atoms with E-state index in [9.17, 15) is 5.11 Å². The van der Waals surface area contributed by atoms with Crippen LogP contribution in [0.5, 0.6) is 0 Å². The highest BCUT2D eigenvalue weighted by molar-refractivity contribution is 5.86. The van der Waals surface area contributed by atoms with E-state index in [1.54, 1.807) is 10.9 Å². The molecule has 0 saturated carbocycles. The minimum Gasteiger partial charge on any atom is -0.388 e. The standard InChI is InChI=1S/C16H16N4O2/c21-9-14-18-16(12-6-8-22-10-12)19-20(14)13-5-1-3-11-4-2-7-17-15(11)13/h1-5,7,12,21H,6,8-10H2. The lowest BCUT2D eigenvalue weighted by molar-refractivity contribution is 0.193. The fourth-order valence-electron chi connectivity index (χ4n) is 2.83. The molecule has 1 aliphatic rings. The van der Waals surface area contributed by atoms with Crippen molar-refractivity contribution in [2.45, 2.75) is 18.9 Å². The molecule has 0 bridgehead atoms. The molecule has 2 aromatic heterocycles. The summed E-state index contributed by atoms with van der Waals surface area (Å²) in [5.74, 6) is 1.46. The van der Waals surface area contributed by atoms with Crippen molar-refractivity contribution in [2.75, 3.05) is 13.2 Å². The second kappa shape index (κ2) is 5.47. The predicted octanol–water partition coefficient (Wildman–Crippen LogP) is 1.81. The largest absolute Gasteiger partial charge is 0.388 e. The lowest BCUT2D eigenvalue weighted by Gasteiger charge is -2.07. The van der Waals surface area contributed by atoms with Gasteiger partial charge in [-0.2, -0.15) is 5.10 Å². The quantitative estimate of drug-likeness (QED) is 0.798. The molecular formula is C16H16N4O2. The van der Waals surface area contributed by atoms with Gasteiger partial charge in [0, 0.05) is 24.1 Å². The molecule has 3 aromatic rings. The lowest BCUT2D eigenvalue weighted by Crippen LogP contribution is -2.05. The molecule has 1 unspecified atom stereocenters. The molecule has 3 heterocycles. The Morgan fingerprint density at radius 1 is 1.27 bits per heavy atom. The second-order valence-electron chi connectivity index (χ2n) is 5.37. The number of hydrogen-bond acceptors (Lipinski definition) is 5. The number of nitrogens with zero attached hydrogens (tertiary/aromatic N) is 4. The summed E-state index contributed by atoms with van der Waals surface area (Å²) in [6.45, 7) is 1.22. The van der Waals surface area contributed by atoms with Gasteiger partial charge in [-0.25, -0.2) is 9.67 Å². The number of aliphatic hydroxyl groups excluding tert-OH is 1. The summed E-state index contributed by atoms with van der Waals surface area (Å²) >= 11 is 0. The predicted molar refractivity (Wildman–Crippen MR) is 80.8 cm³/mol. The minimum atomic E-state index is -0.163. The van der Waals surface area contributed by atoms with E-state index in [0.29, 0.717) is 12.4 Å². The maximum atomic E-state index is 9.63. The molecule has 112 valence electrons. The topological polar surface area (TPSA) is 73.1 Å². The smallest absolute Gasteiger partial charge is 0.158 e. The first-order chi connectivity index (χ1) is 10.9. The second-order valence-corrected chi connectivity index (χ2v) is 5.37. The Bertz CT molecular complexity index is 804. The van der Waals surface area contributed by atoms with Gasteiger partial charge in [0.05, 0.1) is 17.8 Å². The highest BCUT2D eigenvalue weighted by Gasteiger charge is 2.24. The third kappa shape index (κ3) is 2.17. The number of hydrogen-bond donors (Lipinski definition) is 1. The molecule has 0 radical (unpaired) electrons. The third-order valence-corrected chi connectivity index (χ3v) is 3.97. The fourth-order valence-corrected chi connectivity index (χ4v) is 2.83. The van der Waals surface area contributed by atoms with Gasteiger partial charge in [0.25, 0.3) is 0 Å². The van der Waals surface area contributed by atoms with Gasteiger partial charge in [-0.3, -0.25) is 4.98 Å². The van der Waals surface area contributed by atoms with Crippen molar-refractivity contribution in [1.82, 2.24) is 19.7 Å². The van der Waals surface area contributed by atoms with Crippen molar-refractivity contribution in [3.8, 4) is 5.69 Å². The molecule has 1 atom stereocenters. The van der Waals surface area contributed by atoms with E-state index in [1.807, 2.05) is 30.3 Å². The number of pyridine rings is 1. The number of para-hydroxylation sites is 1. The van der Waals surface area contributed by atoms with E-state index in [2.05, 4.69) is 15.1 Å². The molecule has 0 aliphatic carbocycles. The van der Waals surface area contributed by atoms with Crippen LogP contribution in [-0.2, 0) is 11.3 Å². The monoisotopic (exact) mass is 296 g/mol. The number of fused-ring (bicyclic) bond motifs is 1. The summed E-state index contributed by atoms with van der Waals surface area (Å²) in [7, 11) is 0. The van der Waals surface area contributed by atoms with Crippen LogP contribution in [0.3, 0.4) is 0 Å². The van der Waals surface area contributed by atoms with Gasteiger partial charge in [-0.05, 0) is 18.6 Å². The van der Waals surface area contributed by atoms with E-state index >= 15 is 0 Å². The summed E-state index contributed by atoms with van der Waals surface area (Å²) < 4.78 is 7.10. The SMILES string of the molecule is OCc1nc(C2CCOC2)nn1-c1cccc2cccnc12. The molecule has 1 N–H and O–H groups in total. The Kier molecular flexibility index (Phi) is 3.32. The molecule has 1 saturated heterocycles. The molecule has 0 spiro atoms. The number of ether oxygens (including phenoxy) is 1. The van der Waals surface area contributed by atoms with Crippen molar-refractivity contribution < 1.29 is 9.84 Å². The highest BCUT2D eigenvalue weighted by Crippen LogP contribution is 2.25. The Balaban J connectivity index is 1.86. The maximum absolute atomic E-state index is 9.63. The fraction of sp³-hybridized carbons (Fsp3) is 0.312. The summed E-state index contributed by atoms with van der Waals surface area (Å²) in [6, 6.07) is 9.82. The van der Waals surface area contributed by atoms with Gasteiger partial charge in [-0.15, -0.1) is 0 Å². The van der Waals surface area contributed by atoms with Crippen LogP contribution in [0.25, 0.3) is 16.6 Å². The summed E-state index contributed by atoms with van der Waals surface area (Å²) in [6.07, 6.45) is 2.68. The van der Waals surface area contributed by atoms with Crippen molar-refractivity contribution in [2.24, 2.45) is 0 Å². The molecule has 1 aliphatic heterocycles. The highest BCUT2D eigenvalue weighted by atomic mass is 16.5. The number of benzene rings is 1. The van der Waals surface area contributed by atoms with Crippen molar-refractivity contribution in [3.63, 3.8) is 0 Å². The number of aliphatic hydroxyl groups is 1. The Labute approximate surface area is 127 Å². The van der Waals surface area contributed by atoms with Crippen LogP contribution in [0, 0.1) is 0 Å². The molecular weight excluding hydrogens is 280 g/mol. The Morgan fingerprint density at radius 3 is 3.00 bits per heavy atom. The first-order valence-corrected chi connectivity index (χ1v) is 7.35. The van der Waals surface area contributed by atoms with Crippen LogP contribution in [-0.4, -0.2) is 38.1 Å². The first-order valence-electron chi connectivity index (χ1n) is 7.35. The van der Waals surface area contributed by atoms with Crippen LogP contribution in [0.2, 0.25) is 0 Å². The van der Waals surface area contributed by atoms with Gasteiger partial charge in [0.15, 0.2) is 11.6 Å². The minimum absolute atomic E-state index is 0.163. The van der Waals surface area contributed by atoms with Crippen LogP contribution in [0.1, 0.15) is 24.0 Å². The third-order valence-electron chi connectivity index (χ3n) is 3.97. The van der Waals surface area contributed by atoms with Crippen LogP contribution in [0.15, 0.2) is 36.5 Å². The summed E-state index contributed by atoms with van der Waals surface area (Å²) in [5.41, 5.74) is 1.68. The van der Waals surface area contributed by atoms with Crippen molar-refractivity contribution >= 4 is 10.9 Å². The van der Waals surface area contributed by atoms with Gasteiger partial charge < -0.3 is 9.84 Å². The summed E-state index contributed by atoms with van der Waals surface area (Å²) in [4.78, 5) is 8.93. The average molecular weight is 296 g/mol. The van der Waals surface area contributed by atoms with Gasteiger partial charge >= 0.3 is 0 Å². The maximum Gasteiger partial charge on any atom is 0.158 e. The molecule has 22 heavy (non-hydrogen) atoms. The zero-order chi connectivity index (χ0) is 14.9. The Morgan fingerprint density at radius 2 is 2.18 bits per heavy atom. The van der Waals surface area contributed by atoms with Gasteiger partial charge in [-0.1, -0.05) is 18.2 Å². The van der Waals surface area contributed by atoms with E-state index in [-0.39, 0.29) is 12.5 Å². The van der Waals surface area contributed by atoms with Crippen molar-refractivity contribution in [3.05, 3.63) is 48.2 Å². The van der Waals surface area contributed by atoms with Crippen LogP contribution < -0.4 is 0 Å². The van der Waals surface area contributed by atoms with E-state index in [4.69, 9.17) is 4.74 Å². The van der Waals surface area contributed by atoms with Crippen LogP contribution in [0.4, 0.5) is 0 Å². The normalized spacial score (nSPS) is 18.1. The molecule has 1 aromatic carbocycles. The molecule has 1 fully saturated rings. The van der Waals surface area contributed by atoms with Crippen LogP contribution >= 0.6 is 0 Å². The lowest BCUT2D eigenvalue weighted by atomic mass is 10.1. The van der Waals surface area contributed by atoms with Gasteiger partial charge in [0.1, 0.15) is 6.61 Å². The molecule has 0 amide bonds. The Hall–Kier alpha value is -2.31. The molecule has 6 heteroatoms. The van der Waals surface area contributed by atoms with E-state index in [1.165, 1.54) is 0 Å². The first kappa shape index (κ1) is 13.4. The van der Waals surface area contributed by atoms with E-state index < -0.39 is 0 Å². The number of aromatic nitrogens is 4. The zero-order valence-electron chi connectivity index (χ0n) is 12.0. The zero-order valence-corrected chi connectivity index (χ0v) is 12.0. The van der Waals surface area contributed by atoms with E-state index in [0.717, 1.165) is 35.4 Å². The molecule has 6 nitrogen and oxygen atoms in total.